The van der Waals surface area contributed by atoms with Crippen LogP contribution in [0.3, 0.4) is 0 Å². The van der Waals surface area contributed by atoms with Crippen LogP contribution in [0.4, 0.5) is 0 Å². The molecular weight excluding hydrogens is 651 g/mol. The quantitative estimate of drug-likeness (QED) is 0.181. The predicted molar refractivity (Wildman–Crippen MR) is 214 cm³/mol. The van der Waals surface area contributed by atoms with Gasteiger partial charge in [0.2, 0.25) is 0 Å². The fourth-order valence-electron chi connectivity index (χ4n) is 9.80. The van der Waals surface area contributed by atoms with Gasteiger partial charge in [-0.05, 0) is 117 Å². The van der Waals surface area contributed by atoms with E-state index in [9.17, 15) is 4.21 Å². The van der Waals surface area contributed by atoms with Crippen molar-refractivity contribution in [3.05, 3.63) is 197 Å². The van der Waals surface area contributed by atoms with Crippen LogP contribution < -0.4 is 0 Å². The highest BCUT2D eigenvalue weighted by Gasteiger charge is 2.56. The van der Waals surface area contributed by atoms with E-state index >= 15 is 0 Å². The number of hydrogen-bond acceptors (Lipinski definition) is 1. The summed E-state index contributed by atoms with van der Waals surface area (Å²) in [4.78, 5) is 1.86. The molecule has 2 heterocycles. The number of benzene rings is 6. The van der Waals surface area contributed by atoms with Crippen molar-refractivity contribution >= 4 is 33.4 Å². The molecule has 0 amide bonds. The Hall–Kier alpha value is -5.77. The lowest BCUT2D eigenvalue weighted by molar-refractivity contribution is 0.464. The van der Waals surface area contributed by atoms with Gasteiger partial charge >= 0.3 is 0 Å². The number of rotatable bonds is 3. The second-order valence-corrected chi connectivity index (χ2v) is 15.9. The van der Waals surface area contributed by atoms with Crippen LogP contribution in [0.2, 0.25) is 0 Å². The minimum Gasteiger partial charge on any atom is -0.310 e. The van der Waals surface area contributed by atoms with Gasteiger partial charge in [0, 0.05) is 27.6 Å². The Morgan fingerprint density at radius 3 is 2.10 bits per heavy atom. The van der Waals surface area contributed by atoms with Gasteiger partial charge < -0.3 is 4.57 Å². The standard InChI is InChI=1S/C49H35NOS/c51-52-47-26-14-12-24-43(47)49(41-22-10-7-19-37(41)38-20-8-11-23-42(38)49)44-30-40-39-21-9-13-25-45(39)50(46(40)31-48(44)52)36-28-34(32-15-3-1-4-16-32)27-35(29-36)33-17-5-2-6-18-33/h1-8,10-20,22,24-31,42H,9,21,23H2. The van der Waals surface area contributed by atoms with Crippen LogP contribution in [-0.4, -0.2) is 8.78 Å². The fraction of sp³-hybridized carbons (Fsp3) is 0.102. The van der Waals surface area contributed by atoms with Gasteiger partial charge in [-0.2, -0.15) is 0 Å². The minimum absolute atomic E-state index is 0.221. The van der Waals surface area contributed by atoms with E-state index in [1.54, 1.807) is 0 Å². The Morgan fingerprint density at radius 1 is 0.635 bits per heavy atom. The number of allylic oxidation sites excluding steroid dienone is 5. The van der Waals surface area contributed by atoms with E-state index in [4.69, 9.17) is 0 Å². The zero-order valence-corrected chi connectivity index (χ0v) is 29.4. The summed E-state index contributed by atoms with van der Waals surface area (Å²) in [5.41, 5.74) is 15.5. The molecule has 3 atom stereocenters. The molecule has 52 heavy (non-hydrogen) atoms. The van der Waals surface area contributed by atoms with Crippen LogP contribution in [-0.2, 0) is 22.6 Å². The molecule has 1 aliphatic heterocycles. The van der Waals surface area contributed by atoms with Gasteiger partial charge in [-0.3, -0.25) is 0 Å². The van der Waals surface area contributed by atoms with Crippen LogP contribution >= 0.6 is 0 Å². The summed E-state index contributed by atoms with van der Waals surface area (Å²) in [6, 6.07) is 50.6. The smallest absolute Gasteiger partial charge is 0.0856 e. The number of aryl methyl sites for hydroxylation is 1. The Balaban J connectivity index is 1.24. The summed E-state index contributed by atoms with van der Waals surface area (Å²) in [6.07, 6.45) is 14.4. The normalized spacial score (nSPS) is 20.6. The van der Waals surface area contributed by atoms with Crippen LogP contribution in [0.15, 0.2) is 174 Å². The van der Waals surface area contributed by atoms with Crippen LogP contribution in [0.25, 0.3) is 50.5 Å². The molecule has 248 valence electrons. The summed E-state index contributed by atoms with van der Waals surface area (Å²) in [5.74, 6) is 0.221. The van der Waals surface area contributed by atoms with Crippen molar-refractivity contribution in [3.8, 4) is 27.9 Å². The second-order valence-electron chi connectivity index (χ2n) is 14.5. The van der Waals surface area contributed by atoms with Crippen molar-refractivity contribution in [1.82, 2.24) is 4.57 Å². The Bertz CT molecular complexity index is 2670. The lowest BCUT2D eigenvalue weighted by atomic mass is 9.62. The van der Waals surface area contributed by atoms with Gasteiger partial charge in [-0.1, -0.05) is 127 Å². The zero-order valence-electron chi connectivity index (χ0n) is 28.6. The summed E-state index contributed by atoms with van der Waals surface area (Å²) >= 11 is 0. The van der Waals surface area contributed by atoms with Crippen LogP contribution in [0.5, 0.6) is 0 Å². The Labute approximate surface area is 306 Å². The Kier molecular flexibility index (Phi) is 6.54. The molecule has 7 aromatic rings. The molecule has 0 N–H and O–H groups in total. The molecular formula is C49H35NOS. The molecule has 0 fully saturated rings. The molecule has 4 aliphatic rings. The predicted octanol–water partition coefficient (Wildman–Crippen LogP) is 11.7. The number of fused-ring (bicyclic) bond motifs is 12. The molecule has 0 bridgehead atoms. The first kappa shape index (κ1) is 29.9. The van der Waals surface area contributed by atoms with E-state index in [1.165, 1.54) is 66.7 Å². The van der Waals surface area contributed by atoms with Gasteiger partial charge in [0.1, 0.15) is 0 Å². The van der Waals surface area contributed by atoms with Gasteiger partial charge in [0.05, 0.1) is 26.6 Å². The van der Waals surface area contributed by atoms with Crippen LogP contribution in [0.1, 0.15) is 46.4 Å². The molecule has 2 nitrogen and oxygen atoms in total. The van der Waals surface area contributed by atoms with Crippen molar-refractivity contribution in [3.63, 3.8) is 0 Å². The first-order chi connectivity index (χ1) is 25.7. The third-order valence-corrected chi connectivity index (χ3v) is 13.4. The molecule has 3 unspecified atom stereocenters. The van der Waals surface area contributed by atoms with E-state index in [1.807, 2.05) is 0 Å². The molecule has 0 saturated carbocycles. The molecule has 0 saturated heterocycles. The topological polar surface area (TPSA) is 22.0 Å². The molecule has 3 heteroatoms. The zero-order chi connectivity index (χ0) is 34.4. The van der Waals surface area contributed by atoms with Gasteiger partial charge in [0.15, 0.2) is 0 Å². The average molecular weight is 686 g/mol. The second kappa shape index (κ2) is 11.4. The van der Waals surface area contributed by atoms with E-state index in [-0.39, 0.29) is 5.92 Å². The third-order valence-electron chi connectivity index (χ3n) is 11.9. The van der Waals surface area contributed by atoms with E-state index in [0.29, 0.717) is 0 Å². The van der Waals surface area contributed by atoms with Gasteiger partial charge in [-0.25, -0.2) is 4.21 Å². The summed E-state index contributed by atoms with van der Waals surface area (Å²) in [6.45, 7) is 0. The monoisotopic (exact) mass is 685 g/mol. The van der Waals surface area contributed by atoms with Crippen molar-refractivity contribution in [2.75, 3.05) is 0 Å². The lowest BCUT2D eigenvalue weighted by Crippen LogP contribution is -2.39. The molecule has 6 aromatic carbocycles. The molecule has 11 rings (SSSR count). The maximum atomic E-state index is 15.0. The van der Waals surface area contributed by atoms with Crippen molar-refractivity contribution in [2.45, 2.75) is 34.5 Å². The van der Waals surface area contributed by atoms with Crippen LogP contribution in [0, 0.1) is 5.92 Å². The number of nitrogens with zero attached hydrogens (tertiary/aromatic N) is 1. The molecule has 3 aliphatic carbocycles. The highest BCUT2D eigenvalue weighted by Crippen LogP contribution is 2.63. The summed E-state index contributed by atoms with van der Waals surface area (Å²) in [7, 11) is -1.34. The van der Waals surface area contributed by atoms with Crippen molar-refractivity contribution < 1.29 is 4.21 Å². The number of hydrogen-bond donors (Lipinski definition) is 0. The number of aromatic nitrogens is 1. The van der Waals surface area contributed by atoms with E-state index in [0.717, 1.165) is 40.3 Å². The summed E-state index contributed by atoms with van der Waals surface area (Å²) < 4.78 is 17.4. The van der Waals surface area contributed by atoms with Crippen molar-refractivity contribution in [1.29, 1.82) is 0 Å². The van der Waals surface area contributed by atoms with Gasteiger partial charge in [0.25, 0.3) is 0 Å². The van der Waals surface area contributed by atoms with E-state index in [2.05, 4.69) is 174 Å². The maximum absolute atomic E-state index is 15.0. The van der Waals surface area contributed by atoms with Gasteiger partial charge in [-0.15, -0.1) is 0 Å². The molecule has 1 spiro atoms. The average Bonchev–Trinajstić information content (AvgIpc) is 3.70. The molecule has 0 radical (unpaired) electrons. The highest BCUT2D eigenvalue weighted by atomic mass is 32.2. The first-order valence-corrected chi connectivity index (χ1v) is 19.5. The lowest BCUT2D eigenvalue weighted by Gasteiger charge is -2.43. The first-order valence-electron chi connectivity index (χ1n) is 18.3. The highest BCUT2D eigenvalue weighted by molar-refractivity contribution is 7.85. The Morgan fingerprint density at radius 2 is 1.33 bits per heavy atom. The van der Waals surface area contributed by atoms with Crippen molar-refractivity contribution in [2.24, 2.45) is 5.92 Å². The van der Waals surface area contributed by atoms with E-state index < -0.39 is 16.2 Å². The fourth-order valence-corrected chi connectivity index (χ4v) is 11.3. The third kappa shape index (κ3) is 4.09. The maximum Gasteiger partial charge on any atom is 0.0856 e. The SMILES string of the molecule is O=S1c2ccccc2C2(c3ccccc3C3=CC=CCC32)c2cc3c4c(n(-c5cc(-c6ccccc6)cc(-c6ccccc6)c5)c3cc21)C=CCC4. The molecule has 1 aromatic heterocycles. The minimum atomic E-state index is -1.34. The summed E-state index contributed by atoms with van der Waals surface area (Å²) in [5, 5.41) is 1.27. The largest absolute Gasteiger partial charge is 0.310 e.